The Bertz CT molecular complexity index is 747. The largest absolute Gasteiger partial charge is 0.493 e. The Morgan fingerprint density at radius 1 is 1.17 bits per heavy atom. The van der Waals surface area contributed by atoms with Crippen LogP contribution < -0.4 is 14.8 Å². The van der Waals surface area contributed by atoms with Crippen LogP contribution in [-0.4, -0.2) is 20.1 Å². The van der Waals surface area contributed by atoms with Gasteiger partial charge in [0.25, 0.3) is 0 Å². The van der Waals surface area contributed by atoms with Crippen LogP contribution >= 0.6 is 11.6 Å². The van der Waals surface area contributed by atoms with Gasteiger partial charge in [0.1, 0.15) is 0 Å². The number of methoxy groups -OCH3 is 2. The van der Waals surface area contributed by atoms with E-state index in [0.29, 0.717) is 18.0 Å². The van der Waals surface area contributed by atoms with Crippen LogP contribution in [0, 0.1) is 5.92 Å². The van der Waals surface area contributed by atoms with Gasteiger partial charge in [-0.1, -0.05) is 35.9 Å². The van der Waals surface area contributed by atoms with E-state index >= 15 is 0 Å². The third kappa shape index (κ3) is 3.49. The van der Waals surface area contributed by atoms with Crippen molar-refractivity contribution in [1.82, 2.24) is 5.32 Å². The second kappa shape index (κ2) is 7.14. The molecular weight excluding hydrogens is 326 g/mol. The van der Waals surface area contributed by atoms with E-state index in [0.717, 1.165) is 22.6 Å². The maximum Gasteiger partial charge on any atom is 0.224 e. The van der Waals surface area contributed by atoms with E-state index in [2.05, 4.69) is 5.32 Å². The maximum absolute atomic E-state index is 12.3. The minimum absolute atomic E-state index is 0.00467. The second-order valence-electron chi connectivity index (χ2n) is 5.88. The van der Waals surface area contributed by atoms with Crippen LogP contribution in [0.25, 0.3) is 0 Å². The summed E-state index contributed by atoms with van der Waals surface area (Å²) in [5, 5.41) is 3.72. The van der Waals surface area contributed by atoms with Gasteiger partial charge in [0.15, 0.2) is 11.5 Å². The van der Waals surface area contributed by atoms with Crippen LogP contribution in [0.1, 0.15) is 23.5 Å². The number of hydrogen-bond acceptors (Lipinski definition) is 3. The number of nitrogens with one attached hydrogen (secondary N) is 1. The molecule has 1 aliphatic carbocycles. The summed E-state index contributed by atoms with van der Waals surface area (Å²) in [5.74, 6) is 1.63. The third-order valence-electron chi connectivity index (χ3n) is 4.35. The monoisotopic (exact) mass is 345 g/mol. The molecule has 126 valence electrons. The second-order valence-corrected chi connectivity index (χ2v) is 6.28. The molecule has 4 nitrogen and oxygen atoms in total. The summed E-state index contributed by atoms with van der Waals surface area (Å²) in [6.45, 7) is 0.463. The van der Waals surface area contributed by atoms with Gasteiger partial charge < -0.3 is 14.8 Å². The molecule has 1 amide bonds. The molecule has 1 N–H and O–H groups in total. The first-order chi connectivity index (χ1) is 11.6. The van der Waals surface area contributed by atoms with Crippen molar-refractivity contribution in [3.8, 4) is 11.5 Å². The Morgan fingerprint density at radius 3 is 2.62 bits per heavy atom. The first kappa shape index (κ1) is 16.7. The van der Waals surface area contributed by atoms with E-state index in [1.165, 1.54) is 0 Å². The number of carbonyl (C=O) groups is 1. The molecule has 5 heteroatoms. The van der Waals surface area contributed by atoms with E-state index in [1.54, 1.807) is 14.2 Å². The zero-order valence-corrected chi connectivity index (χ0v) is 14.5. The highest BCUT2D eigenvalue weighted by Crippen LogP contribution is 2.49. The summed E-state index contributed by atoms with van der Waals surface area (Å²) in [7, 11) is 3.19. The minimum atomic E-state index is 0.00467. The lowest BCUT2D eigenvalue weighted by Gasteiger charge is -2.10. The molecule has 1 saturated carbocycles. The van der Waals surface area contributed by atoms with Crippen molar-refractivity contribution >= 4 is 17.5 Å². The molecule has 0 aliphatic heterocycles. The fourth-order valence-corrected chi connectivity index (χ4v) is 3.19. The fraction of sp³-hybridized carbons (Fsp3) is 0.316. The summed E-state index contributed by atoms with van der Waals surface area (Å²) in [6, 6.07) is 13.3. The standard InChI is InChI=1S/C19H20ClNO3/c1-23-17-8-7-12(9-18(17)24-2)11-21-19(22)15-10-14(15)13-5-3-4-6-16(13)20/h3-9,14-15H,10-11H2,1-2H3,(H,21,22). The minimum Gasteiger partial charge on any atom is -0.493 e. The summed E-state index contributed by atoms with van der Waals surface area (Å²) in [4.78, 5) is 12.3. The topological polar surface area (TPSA) is 47.6 Å². The molecule has 0 radical (unpaired) electrons. The lowest BCUT2D eigenvalue weighted by Crippen LogP contribution is -2.24. The number of hydrogen-bond donors (Lipinski definition) is 1. The lowest BCUT2D eigenvalue weighted by molar-refractivity contribution is -0.122. The van der Waals surface area contributed by atoms with Crippen LogP contribution in [0.2, 0.25) is 5.02 Å². The van der Waals surface area contributed by atoms with Crippen molar-refractivity contribution in [3.05, 3.63) is 58.6 Å². The highest BCUT2D eigenvalue weighted by atomic mass is 35.5. The Labute approximate surface area is 146 Å². The SMILES string of the molecule is COc1ccc(CNC(=O)C2CC2c2ccccc2Cl)cc1OC. The van der Waals surface area contributed by atoms with Gasteiger partial charge in [-0.25, -0.2) is 0 Å². The van der Waals surface area contributed by atoms with Gasteiger partial charge in [-0.2, -0.15) is 0 Å². The number of benzene rings is 2. The van der Waals surface area contributed by atoms with Gasteiger partial charge in [-0.3, -0.25) is 4.79 Å². The summed E-state index contributed by atoms with van der Waals surface area (Å²) < 4.78 is 10.5. The van der Waals surface area contributed by atoms with Crippen molar-refractivity contribution in [2.24, 2.45) is 5.92 Å². The zero-order valence-electron chi connectivity index (χ0n) is 13.7. The normalized spacial score (nSPS) is 18.8. The molecule has 2 aromatic carbocycles. The van der Waals surface area contributed by atoms with Crippen molar-refractivity contribution < 1.29 is 14.3 Å². The van der Waals surface area contributed by atoms with Crippen LogP contribution in [0.4, 0.5) is 0 Å². The number of rotatable bonds is 6. The Balaban J connectivity index is 1.58. The molecule has 2 atom stereocenters. The molecule has 2 unspecified atom stereocenters. The van der Waals surface area contributed by atoms with Gasteiger partial charge in [0, 0.05) is 17.5 Å². The van der Waals surface area contributed by atoms with Crippen molar-refractivity contribution in [2.75, 3.05) is 14.2 Å². The molecular formula is C19H20ClNO3. The van der Waals surface area contributed by atoms with Gasteiger partial charge in [-0.05, 0) is 41.7 Å². The van der Waals surface area contributed by atoms with E-state index in [9.17, 15) is 4.79 Å². The van der Waals surface area contributed by atoms with E-state index in [-0.39, 0.29) is 17.7 Å². The van der Waals surface area contributed by atoms with Crippen LogP contribution in [0.15, 0.2) is 42.5 Å². The van der Waals surface area contributed by atoms with Crippen molar-refractivity contribution in [3.63, 3.8) is 0 Å². The number of halogens is 1. The average molecular weight is 346 g/mol. The predicted molar refractivity (Wildman–Crippen MR) is 93.7 cm³/mol. The fourth-order valence-electron chi connectivity index (χ4n) is 2.92. The predicted octanol–water partition coefficient (Wildman–Crippen LogP) is 3.78. The zero-order chi connectivity index (χ0) is 17.1. The number of ether oxygens (including phenoxy) is 2. The van der Waals surface area contributed by atoms with Crippen LogP contribution in [0.5, 0.6) is 11.5 Å². The Kier molecular flexibility index (Phi) is 4.95. The van der Waals surface area contributed by atoms with Crippen molar-refractivity contribution in [2.45, 2.75) is 18.9 Å². The molecule has 0 bridgehead atoms. The quantitative estimate of drug-likeness (QED) is 0.866. The highest BCUT2D eigenvalue weighted by Gasteiger charge is 2.44. The van der Waals surface area contributed by atoms with E-state index < -0.39 is 0 Å². The molecule has 0 spiro atoms. The number of amides is 1. The summed E-state index contributed by atoms with van der Waals surface area (Å²) >= 11 is 6.21. The average Bonchev–Trinajstić information content (AvgIpc) is 3.40. The Morgan fingerprint density at radius 2 is 1.92 bits per heavy atom. The highest BCUT2D eigenvalue weighted by molar-refractivity contribution is 6.31. The van der Waals surface area contributed by atoms with Gasteiger partial charge in [0.05, 0.1) is 14.2 Å². The van der Waals surface area contributed by atoms with Crippen LogP contribution in [-0.2, 0) is 11.3 Å². The molecule has 3 rings (SSSR count). The van der Waals surface area contributed by atoms with E-state index in [1.807, 2.05) is 42.5 Å². The van der Waals surface area contributed by atoms with Gasteiger partial charge in [-0.15, -0.1) is 0 Å². The van der Waals surface area contributed by atoms with Gasteiger partial charge >= 0.3 is 0 Å². The lowest BCUT2D eigenvalue weighted by atomic mass is 10.1. The van der Waals surface area contributed by atoms with Crippen LogP contribution in [0.3, 0.4) is 0 Å². The molecule has 1 fully saturated rings. The van der Waals surface area contributed by atoms with Crippen molar-refractivity contribution in [1.29, 1.82) is 0 Å². The Hall–Kier alpha value is -2.20. The first-order valence-electron chi connectivity index (χ1n) is 7.87. The molecule has 2 aromatic rings. The molecule has 24 heavy (non-hydrogen) atoms. The molecule has 1 aliphatic rings. The smallest absolute Gasteiger partial charge is 0.224 e. The molecule has 0 heterocycles. The van der Waals surface area contributed by atoms with E-state index in [4.69, 9.17) is 21.1 Å². The molecule has 0 saturated heterocycles. The first-order valence-corrected chi connectivity index (χ1v) is 8.25. The summed E-state index contributed by atoms with van der Waals surface area (Å²) in [6.07, 6.45) is 0.849. The van der Waals surface area contributed by atoms with Gasteiger partial charge in [0.2, 0.25) is 5.91 Å². The molecule has 0 aromatic heterocycles. The third-order valence-corrected chi connectivity index (χ3v) is 4.69. The maximum atomic E-state index is 12.3. The number of carbonyl (C=O) groups excluding carboxylic acids is 1. The summed E-state index contributed by atoms with van der Waals surface area (Å²) in [5.41, 5.74) is 2.03.